The molecule has 32 heavy (non-hydrogen) atoms. The van der Waals surface area contributed by atoms with Crippen molar-refractivity contribution in [3.8, 4) is 0 Å². The van der Waals surface area contributed by atoms with Gasteiger partial charge < -0.3 is 11.5 Å². The number of nitrogens with one attached hydrogen (secondary N) is 1. The maximum Gasteiger partial charge on any atom is 0.304 e. The van der Waals surface area contributed by atoms with E-state index in [1.165, 1.54) is 4.31 Å². The second kappa shape index (κ2) is 8.92. The lowest BCUT2D eigenvalue weighted by atomic mass is 9.80. The molecule has 0 spiro atoms. The summed E-state index contributed by atoms with van der Waals surface area (Å²) in [6.45, 7) is 1.85. The fraction of sp³-hybridized carbons (Fsp3) is 0.500. The Bertz CT molecular complexity index is 1090. The molecule has 1 aromatic rings. The lowest BCUT2D eigenvalue weighted by Crippen LogP contribution is -2.70. The van der Waals surface area contributed by atoms with Gasteiger partial charge in [-0.2, -0.15) is 12.7 Å². The molecule has 9 nitrogen and oxygen atoms in total. The predicted octanol–water partition coefficient (Wildman–Crippen LogP) is 1.72. The molecule has 0 aromatic heterocycles. The third-order valence-electron chi connectivity index (χ3n) is 6.53. The molecule has 5 N–H and O–H groups in total. The number of likely N-dealkylation sites (N-methyl/N-ethyl adjacent to an activating group) is 1. The molecule has 2 amide bonds. The highest BCUT2D eigenvalue weighted by Crippen LogP contribution is 2.52. The molecule has 1 fully saturated rings. The summed E-state index contributed by atoms with van der Waals surface area (Å²) < 4.78 is 29.0. The van der Waals surface area contributed by atoms with Crippen molar-refractivity contribution in [1.82, 2.24) is 13.5 Å². The topological polar surface area (TPSA) is 136 Å². The molecule has 2 unspecified atom stereocenters. The van der Waals surface area contributed by atoms with E-state index < -0.39 is 27.6 Å². The number of carbonyl (C=O) groups is 2. The Kier molecular flexibility index (Phi) is 6.95. The summed E-state index contributed by atoms with van der Waals surface area (Å²) in [7, 11) is -2.21. The van der Waals surface area contributed by atoms with Gasteiger partial charge in [0.25, 0.3) is 0 Å². The van der Waals surface area contributed by atoms with E-state index in [-0.39, 0.29) is 17.6 Å². The molecule has 0 saturated carbocycles. The summed E-state index contributed by atoms with van der Waals surface area (Å²) in [5.41, 5.74) is 12.5. The third-order valence-corrected chi connectivity index (χ3v) is 8.89. The second-order valence-corrected chi connectivity index (χ2v) is 10.9. The Morgan fingerprint density at radius 1 is 1.31 bits per heavy atom. The van der Waals surface area contributed by atoms with E-state index in [0.29, 0.717) is 59.2 Å². The summed E-state index contributed by atoms with van der Waals surface area (Å²) in [4.78, 5) is 24.1. The molecule has 0 aliphatic carbocycles. The average Bonchev–Trinajstić information content (AvgIpc) is 3.03. The van der Waals surface area contributed by atoms with Crippen LogP contribution >= 0.6 is 23.2 Å². The number of rotatable bonds is 7. The van der Waals surface area contributed by atoms with Crippen LogP contribution in [-0.2, 0) is 19.8 Å². The van der Waals surface area contributed by atoms with E-state index >= 15 is 0 Å². The number of fused-ring (bicyclic) bond motifs is 1. The molecule has 3 rings (SSSR count). The SMILES string of the molecule is CC(=O)NS(=O)(=O)N1CCCC(CCCN)([N+]2(C)C(C(N)=O)=Cc3c2ccc(Cl)c3Cl)C1. The van der Waals surface area contributed by atoms with Gasteiger partial charge in [-0.3, -0.25) is 9.59 Å². The summed E-state index contributed by atoms with van der Waals surface area (Å²) in [6, 6.07) is 3.45. The van der Waals surface area contributed by atoms with Gasteiger partial charge in [0.05, 0.1) is 29.2 Å². The van der Waals surface area contributed by atoms with E-state index in [1.54, 1.807) is 18.2 Å². The highest BCUT2D eigenvalue weighted by Gasteiger charge is 2.59. The molecular formula is C20H28Cl2N5O4S+. The predicted molar refractivity (Wildman–Crippen MR) is 126 cm³/mol. The van der Waals surface area contributed by atoms with E-state index in [0.717, 1.165) is 6.92 Å². The number of carbonyl (C=O) groups excluding carboxylic acids is 2. The zero-order valence-electron chi connectivity index (χ0n) is 18.0. The van der Waals surface area contributed by atoms with Gasteiger partial charge in [-0.15, -0.1) is 0 Å². The highest BCUT2D eigenvalue weighted by molar-refractivity contribution is 7.87. The smallest absolute Gasteiger partial charge is 0.304 e. The number of halogens is 2. The van der Waals surface area contributed by atoms with Crippen LogP contribution in [0.2, 0.25) is 10.0 Å². The zero-order chi connectivity index (χ0) is 23.9. The van der Waals surface area contributed by atoms with Crippen LogP contribution in [0.15, 0.2) is 17.8 Å². The average molecular weight is 505 g/mol. The quantitative estimate of drug-likeness (QED) is 0.485. The Morgan fingerprint density at radius 3 is 2.59 bits per heavy atom. The van der Waals surface area contributed by atoms with Crippen molar-refractivity contribution in [2.75, 3.05) is 26.7 Å². The molecule has 0 radical (unpaired) electrons. The molecule has 176 valence electrons. The number of nitrogens with zero attached hydrogens (tertiary/aromatic N) is 2. The molecule has 12 heteroatoms. The Hall–Kier alpha value is -1.69. The van der Waals surface area contributed by atoms with Crippen LogP contribution in [0.25, 0.3) is 6.08 Å². The number of piperidine rings is 1. The first kappa shape index (κ1) is 24.9. The van der Waals surface area contributed by atoms with Gasteiger partial charge in [-0.1, -0.05) is 23.2 Å². The van der Waals surface area contributed by atoms with Crippen molar-refractivity contribution < 1.29 is 18.0 Å². The first-order valence-electron chi connectivity index (χ1n) is 10.3. The minimum atomic E-state index is -4.06. The van der Waals surface area contributed by atoms with Crippen LogP contribution in [0.4, 0.5) is 5.69 Å². The lowest BCUT2D eigenvalue weighted by molar-refractivity contribution is -0.117. The van der Waals surface area contributed by atoms with Crippen molar-refractivity contribution in [3.05, 3.63) is 33.4 Å². The van der Waals surface area contributed by atoms with E-state index in [4.69, 9.17) is 34.7 Å². The minimum absolute atomic E-state index is 0.0271. The van der Waals surface area contributed by atoms with E-state index in [1.807, 2.05) is 11.8 Å². The highest BCUT2D eigenvalue weighted by atomic mass is 35.5. The third kappa shape index (κ3) is 4.04. The number of primary amides is 1. The minimum Gasteiger partial charge on any atom is -0.361 e. The van der Waals surface area contributed by atoms with Crippen LogP contribution in [0.1, 0.15) is 38.2 Å². The number of benzene rings is 1. The first-order valence-corrected chi connectivity index (χ1v) is 12.4. The summed E-state index contributed by atoms with van der Waals surface area (Å²) >= 11 is 12.7. The van der Waals surface area contributed by atoms with Gasteiger partial charge in [0.15, 0.2) is 0 Å². The molecule has 0 bridgehead atoms. The number of hydrogen-bond acceptors (Lipinski definition) is 5. The molecule has 2 aliphatic rings. The zero-order valence-corrected chi connectivity index (χ0v) is 20.4. The number of amides is 2. The molecule has 2 atom stereocenters. The van der Waals surface area contributed by atoms with Crippen molar-refractivity contribution in [2.24, 2.45) is 11.5 Å². The molecule has 2 heterocycles. The van der Waals surface area contributed by atoms with Crippen LogP contribution in [0, 0.1) is 0 Å². The maximum absolute atomic E-state index is 12.9. The number of hydrogen-bond donors (Lipinski definition) is 3. The fourth-order valence-corrected chi connectivity index (χ4v) is 6.68. The molecular weight excluding hydrogens is 477 g/mol. The van der Waals surface area contributed by atoms with E-state index in [9.17, 15) is 18.0 Å². The van der Waals surface area contributed by atoms with Gasteiger partial charge in [0.2, 0.25) is 11.6 Å². The van der Waals surface area contributed by atoms with Gasteiger partial charge in [0.1, 0.15) is 11.2 Å². The van der Waals surface area contributed by atoms with Crippen molar-refractivity contribution in [2.45, 2.75) is 38.1 Å². The van der Waals surface area contributed by atoms with Crippen molar-refractivity contribution in [3.63, 3.8) is 0 Å². The summed E-state index contributed by atoms with van der Waals surface area (Å²) in [5.74, 6) is -1.31. The van der Waals surface area contributed by atoms with Crippen LogP contribution in [-0.4, -0.2) is 56.8 Å². The summed E-state index contributed by atoms with van der Waals surface area (Å²) in [6.07, 6.45) is 3.90. The second-order valence-electron chi connectivity index (χ2n) is 8.41. The summed E-state index contributed by atoms with van der Waals surface area (Å²) in [5, 5.41) is 0.644. The Labute approximate surface area is 198 Å². The largest absolute Gasteiger partial charge is 0.361 e. The molecule has 1 aromatic carbocycles. The number of nitrogens with two attached hydrogens (primary N) is 2. The van der Waals surface area contributed by atoms with Crippen LogP contribution in [0.5, 0.6) is 0 Å². The van der Waals surface area contributed by atoms with Gasteiger partial charge >= 0.3 is 16.1 Å². The van der Waals surface area contributed by atoms with Crippen molar-refractivity contribution >= 4 is 57.0 Å². The monoisotopic (exact) mass is 504 g/mol. The van der Waals surface area contributed by atoms with Crippen LogP contribution in [0.3, 0.4) is 0 Å². The standard InChI is InChI=1S/C20H27Cl2N5O4S/c1-13(28)25-32(30,31)26-10-4-8-20(12-26,7-3-9-23)27(2)16-6-5-15(21)18(22)14(16)11-17(27)19(24)29/h5-6,11H,3-4,7-10,12,23H2,1-2H3,(H2-,24,25,28,29)/p+1. The Balaban J connectivity index is 2.21. The fourth-order valence-electron chi connectivity index (χ4n) is 5.03. The van der Waals surface area contributed by atoms with Gasteiger partial charge in [-0.25, -0.2) is 9.21 Å². The normalized spacial score (nSPS) is 25.8. The van der Waals surface area contributed by atoms with Gasteiger partial charge in [0, 0.05) is 38.5 Å². The Morgan fingerprint density at radius 2 is 2.00 bits per heavy atom. The van der Waals surface area contributed by atoms with Crippen molar-refractivity contribution in [1.29, 1.82) is 0 Å². The first-order chi connectivity index (χ1) is 14.9. The van der Waals surface area contributed by atoms with Gasteiger partial charge in [-0.05, 0) is 25.5 Å². The molecule has 1 saturated heterocycles. The van der Waals surface area contributed by atoms with Crippen LogP contribution < -0.4 is 20.7 Å². The maximum atomic E-state index is 12.9. The number of quaternary nitrogens is 1. The lowest BCUT2D eigenvalue weighted by Gasteiger charge is -2.53. The molecule has 2 aliphatic heterocycles. The van der Waals surface area contributed by atoms with E-state index in [2.05, 4.69) is 0 Å².